The summed E-state index contributed by atoms with van der Waals surface area (Å²) in [5.74, 6) is 0. The average molecular weight is 331 g/mol. The van der Waals surface area contributed by atoms with Crippen LogP contribution in [0.2, 0.25) is 0 Å². The predicted octanol–water partition coefficient (Wildman–Crippen LogP) is 3.06. The van der Waals surface area contributed by atoms with Crippen LogP contribution in [0.5, 0.6) is 0 Å². The van der Waals surface area contributed by atoms with E-state index in [1.807, 2.05) is 13.1 Å². The summed E-state index contributed by atoms with van der Waals surface area (Å²) >= 11 is 1.36. The second kappa shape index (κ2) is 6.36. The number of hydrogen-bond acceptors (Lipinski definition) is 4. The van der Waals surface area contributed by atoms with E-state index in [1.54, 1.807) is 17.4 Å². The Balaban J connectivity index is 2.11. The zero-order valence-electron chi connectivity index (χ0n) is 13.3. The number of nitrogens with zero attached hydrogens (tertiary/aromatic N) is 1. The predicted molar refractivity (Wildman–Crippen MR) is 88.1 cm³/mol. The number of nitrogens with one attached hydrogen (secondary N) is 1. The lowest BCUT2D eigenvalue weighted by molar-refractivity contribution is 0.174. The largest absolute Gasteiger partial charge is 0.315 e. The third-order valence-electron chi connectivity index (χ3n) is 4.44. The molecule has 120 valence electrons. The van der Waals surface area contributed by atoms with Gasteiger partial charge in [0.15, 0.2) is 0 Å². The molecule has 1 fully saturated rings. The van der Waals surface area contributed by atoms with E-state index in [0.29, 0.717) is 16.2 Å². The molecule has 4 nitrogen and oxygen atoms in total. The Hall–Kier alpha value is -0.430. The van der Waals surface area contributed by atoms with Crippen molar-refractivity contribution in [1.29, 1.82) is 0 Å². The third kappa shape index (κ3) is 3.86. The lowest BCUT2D eigenvalue weighted by Crippen LogP contribution is -2.40. The Bertz CT molecular complexity index is 568. The van der Waals surface area contributed by atoms with E-state index in [1.165, 1.54) is 11.3 Å². The van der Waals surface area contributed by atoms with Crippen molar-refractivity contribution < 1.29 is 8.42 Å². The van der Waals surface area contributed by atoms with Gasteiger partial charge in [-0.3, -0.25) is 0 Å². The number of thiophene rings is 1. The maximum absolute atomic E-state index is 12.7. The molecular weight excluding hydrogens is 304 g/mol. The maximum atomic E-state index is 12.7. The van der Waals surface area contributed by atoms with Crippen LogP contribution in [-0.2, 0) is 16.6 Å². The zero-order chi connectivity index (χ0) is 15.7. The molecule has 0 atom stereocenters. The quantitative estimate of drug-likeness (QED) is 0.903. The number of sulfonamides is 1. The molecule has 0 saturated heterocycles. The zero-order valence-corrected chi connectivity index (χ0v) is 15.0. The van der Waals surface area contributed by atoms with Gasteiger partial charge in [0, 0.05) is 24.5 Å². The van der Waals surface area contributed by atoms with Crippen molar-refractivity contribution >= 4 is 21.4 Å². The van der Waals surface area contributed by atoms with Gasteiger partial charge in [0.2, 0.25) is 0 Å². The van der Waals surface area contributed by atoms with Crippen molar-refractivity contribution in [2.75, 3.05) is 14.1 Å². The van der Waals surface area contributed by atoms with E-state index >= 15 is 0 Å². The van der Waals surface area contributed by atoms with Gasteiger partial charge in [0.05, 0.1) is 0 Å². The SMILES string of the molecule is CNCc1ccc(S(=O)(=O)N(C)C2CCC(C)(C)CC2)s1. The van der Waals surface area contributed by atoms with Gasteiger partial charge < -0.3 is 5.32 Å². The summed E-state index contributed by atoms with van der Waals surface area (Å²) in [5.41, 5.74) is 0.351. The second-order valence-electron chi connectivity index (χ2n) is 6.67. The first-order valence-electron chi connectivity index (χ1n) is 7.48. The number of rotatable bonds is 5. The van der Waals surface area contributed by atoms with Crippen LogP contribution in [0.3, 0.4) is 0 Å². The Kier molecular flexibility index (Phi) is 5.13. The molecule has 2 rings (SSSR count). The lowest BCUT2D eigenvalue weighted by Gasteiger charge is -2.37. The smallest absolute Gasteiger partial charge is 0.252 e. The molecule has 1 aliphatic rings. The van der Waals surface area contributed by atoms with Crippen LogP contribution >= 0.6 is 11.3 Å². The van der Waals surface area contributed by atoms with Crippen LogP contribution in [-0.4, -0.2) is 32.9 Å². The van der Waals surface area contributed by atoms with Gasteiger partial charge in [-0.25, -0.2) is 8.42 Å². The summed E-state index contributed by atoms with van der Waals surface area (Å²) in [7, 11) is 0.248. The minimum atomic E-state index is -3.35. The minimum absolute atomic E-state index is 0.137. The Morgan fingerprint density at radius 3 is 2.52 bits per heavy atom. The molecule has 0 amide bonds. The summed E-state index contributed by atoms with van der Waals surface area (Å²) in [6.45, 7) is 5.24. The molecule has 21 heavy (non-hydrogen) atoms. The summed E-state index contributed by atoms with van der Waals surface area (Å²) in [5, 5.41) is 3.05. The monoisotopic (exact) mass is 330 g/mol. The fourth-order valence-corrected chi connectivity index (χ4v) is 5.82. The van der Waals surface area contributed by atoms with Crippen molar-refractivity contribution in [3.63, 3.8) is 0 Å². The standard InChI is InChI=1S/C15H26N2O2S2/c1-15(2)9-7-12(8-10-15)17(4)21(18,19)14-6-5-13(20-14)11-16-3/h5-6,12,16H,7-11H2,1-4H3. The van der Waals surface area contributed by atoms with Gasteiger partial charge in [-0.1, -0.05) is 13.8 Å². The molecule has 1 saturated carbocycles. The van der Waals surface area contributed by atoms with E-state index in [4.69, 9.17) is 0 Å². The van der Waals surface area contributed by atoms with E-state index in [9.17, 15) is 8.42 Å². The topological polar surface area (TPSA) is 49.4 Å². The Labute approximate surface area is 132 Å². The molecule has 0 aromatic carbocycles. The van der Waals surface area contributed by atoms with Crippen molar-refractivity contribution in [2.45, 2.75) is 56.3 Å². The van der Waals surface area contributed by atoms with Crippen LogP contribution in [0.1, 0.15) is 44.4 Å². The Morgan fingerprint density at radius 2 is 1.95 bits per heavy atom. The van der Waals surface area contributed by atoms with Gasteiger partial charge in [-0.2, -0.15) is 4.31 Å². The van der Waals surface area contributed by atoms with Crippen molar-refractivity contribution in [2.24, 2.45) is 5.41 Å². The summed E-state index contributed by atoms with van der Waals surface area (Å²) in [6, 6.07) is 3.76. The first kappa shape index (κ1) is 16.9. The molecule has 0 spiro atoms. The highest BCUT2D eigenvalue weighted by atomic mass is 32.2. The van der Waals surface area contributed by atoms with E-state index in [2.05, 4.69) is 19.2 Å². The maximum Gasteiger partial charge on any atom is 0.252 e. The first-order valence-corrected chi connectivity index (χ1v) is 9.73. The van der Waals surface area contributed by atoms with Gasteiger partial charge in [-0.15, -0.1) is 11.3 Å². The van der Waals surface area contributed by atoms with Gasteiger partial charge in [0.25, 0.3) is 10.0 Å². The molecule has 0 bridgehead atoms. The van der Waals surface area contributed by atoms with Gasteiger partial charge in [-0.05, 0) is 50.3 Å². The molecule has 1 aliphatic carbocycles. The summed E-state index contributed by atoms with van der Waals surface area (Å²) in [6.07, 6.45) is 4.09. The highest BCUT2D eigenvalue weighted by Crippen LogP contribution is 2.38. The highest BCUT2D eigenvalue weighted by Gasteiger charge is 2.34. The van der Waals surface area contributed by atoms with Gasteiger partial charge >= 0.3 is 0 Å². The van der Waals surface area contributed by atoms with Crippen LogP contribution < -0.4 is 5.32 Å². The molecule has 0 radical (unpaired) electrons. The van der Waals surface area contributed by atoms with Gasteiger partial charge in [0.1, 0.15) is 4.21 Å². The molecule has 1 aromatic rings. The molecule has 0 unspecified atom stereocenters. The minimum Gasteiger partial charge on any atom is -0.315 e. The third-order valence-corrected chi connectivity index (χ3v) is 7.91. The van der Waals surface area contributed by atoms with Crippen molar-refractivity contribution in [1.82, 2.24) is 9.62 Å². The summed E-state index contributed by atoms with van der Waals surface area (Å²) < 4.78 is 27.5. The fraction of sp³-hybridized carbons (Fsp3) is 0.733. The second-order valence-corrected chi connectivity index (χ2v) is 10.1. The molecule has 0 aliphatic heterocycles. The van der Waals surface area contributed by atoms with Crippen LogP contribution in [0.25, 0.3) is 0 Å². The molecule has 1 N–H and O–H groups in total. The summed E-state index contributed by atoms with van der Waals surface area (Å²) in [4.78, 5) is 1.05. The Morgan fingerprint density at radius 1 is 1.33 bits per heavy atom. The van der Waals surface area contributed by atoms with E-state index in [0.717, 1.165) is 30.6 Å². The first-order chi connectivity index (χ1) is 9.76. The van der Waals surface area contributed by atoms with Crippen LogP contribution in [0.4, 0.5) is 0 Å². The van der Waals surface area contributed by atoms with Crippen LogP contribution in [0, 0.1) is 5.41 Å². The lowest BCUT2D eigenvalue weighted by atomic mass is 9.76. The molecule has 6 heteroatoms. The average Bonchev–Trinajstić information content (AvgIpc) is 2.88. The molecule has 1 aromatic heterocycles. The van der Waals surface area contributed by atoms with Crippen molar-refractivity contribution in [3.8, 4) is 0 Å². The van der Waals surface area contributed by atoms with Crippen LogP contribution in [0.15, 0.2) is 16.3 Å². The normalized spacial score (nSPS) is 20.0. The fourth-order valence-electron chi connectivity index (χ4n) is 2.85. The van der Waals surface area contributed by atoms with E-state index < -0.39 is 10.0 Å². The molecular formula is C15H26N2O2S2. The molecule has 1 heterocycles. The van der Waals surface area contributed by atoms with Crippen molar-refractivity contribution in [3.05, 3.63) is 17.0 Å². The highest BCUT2D eigenvalue weighted by molar-refractivity contribution is 7.91. The van der Waals surface area contributed by atoms with E-state index in [-0.39, 0.29) is 6.04 Å². The number of hydrogen-bond donors (Lipinski definition) is 1.